The molecule has 2 aliphatic heterocycles. The van der Waals surface area contributed by atoms with Gasteiger partial charge in [0.15, 0.2) is 0 Å². The van der Waals surface area contributed by atoms with Gasteiger partial charge < -0.3 is 14.4 Å². The first kappa shape index (κ1) is 21.6. The standard InChI is InChI=1S/C23H28N2O5S/c1-29-17-10-11-22(30-2)19(14-17)20-15-25(31(27,28)18-8-4-3-5-9-18)16-21(20)23(26)24-12-6-7-13-24/h3-5,8-11,14,20-21H,6-7,12-13,15-16H2,1-2H3/t20-,21-/m0/s1. The van der Waals surface area contributed by atoms with Gasteiger partial charge >= 0.3 is 0 Å². The predicted octanol–water partition coefficient (Wildman–Crippen LogP) is 2.73. The van der Waals surface area contributed by atoms with E-state index in [9.17, 15) is 13.2 Å². The summed E-state index contributed by atoms with van der Waals surface area (Å²) in [5.74, 6) is 0.490. The third-order valence-corrected chi connectivity index (χ3v) is 8.08. The van der Waals surface area contributed by atoms with Gasteiger partial charge in [-0.3, -0.25) is 4.79 Å². The second kappa shape index (κ2) is 8.88. The second-order valence-corrected chi connectivity index (χ2v) is 9.93. The van der Waals surface area contributed by atoms with Gasteiger partial charge in [-0.2, -0.15) is 4.31 Å². The zero-order valence-corrected chi connectivity index (χ0v) is 18.7. The molecule has 2 heterocycles. The maximum Gasteiger partial charge on any atom is 0.243 e. The summed E-state index contributed by atoms with van der Waals surface area (Å²) >= 11 is 0. The first-order valence-corrected chi connectivity index (χ1v) is 12.0. The fourth-order valence-electron chi connectivity index (χ4n) is 4.57. The SMILES string of the molecule is COc1ccc(OC)c([C@@H]2CN(S(=O)(=O)c3ccccc3)C[C@@H]2C(=O)N2CCCC2)c1. The number of sulfonamides is 1. The quantitative estimate of drug-likeness (QED) is 0.685. The molecular weight excluding hydrogens is 416 g/mol. The van der Waals surface area contributed by atoms with Gasteiger partial charge in [-0.15, -0.1) is 0 Å². The van der Waals surface area contributed by atoms with Gasteiger partial charge in [0, 0.05) is 37.7 Å². The lowest BCUT2D eigenvalue weighted by Crippen LogP contribution is -2.37. The van der Waals surface area contributed by atoms with Crippen molar-refractivity contribution in [2.45, 2.75) is 23.7 Å². The number of carbonyl (C=O) groups excluding carboxylic acids is 1. The molecule has 2 aliphatic rings. The van der Waals surface area contributed by atoms with E-state index >= 15 is 0 Å². The summed E-state index contributed by atoms with van der Waals surface area (Å²) in [5.41, 5.74) is 0.796. The predicted molar refractivity (Wildman–Crippen MR) is 117 cm³/mol. The number of hydrogen-bond acceptors (Lipinski definition) is 5. The Morgan fingerprint density at radius 3 is 2.32 bits per heavy atom. The van der Waals surface area contributed by atoms with Crippen LogP contribution < -0.4 is 9.47 Å². The van der Waals surface area contributed by atoms with E-state index in [4.69, 9.17) is 9.47 Å². The van der Waals surface area contributed by atoms with E-state index in [-0.39, 0.29) is 29.8 Å². The molecule has 0 saturated carbocycles. The highest BCUT2D eigenvalue weighted by molar-refractivity contribution is 7.89. The Kier molecular flexibility index (Phi) is 6.20. The summed E-state index contributed by atoms with van der Waals surface area (Å²) in [6.45, 7) is 1.81. The van der Waals surface area contributed by atoms with Crippen LogP contribution in [0.15, 0.2) is 53.4 Å². The molecule has 0 aromatic heterocycles. The van der Waals surface area contributed by atoms with Crippen molar-refractivity contribution in [2.24, 2.45) is 5.92 Å². The van der Waals surface area contributed by atoms with Crippen molar-refractivity contribution in [1.82, 2.24) is 9.21 Å². The number of hydrogen-bond donors (Lipinski definition) is 0. The van der Waals surface area contributed by atoms with Crippen LogP contribution in [0.25, 0.3) is 0 Å². The molecule has 0 radical (unpaired) electrons. The van der Waals surface area contributed by atoms with Crippen molar-refractivity contribution in [3.63, 3.8) is 0 Å². The number of amides is 1. The van der Waals surface area contributed by atoms with E-state index in [1.54, 1.807) is 56.7 Å². The van der Waals surface area contributed by atoms with Crippen molar-refractivity contribution in [2.75, 3.05) is 40.4 Å². The molecule has 0 unspecified atom stereocenters. The summed E-state index contributed by atoms with van der Waals surface area (Å²) in [7, 11) is -0.552. The van der Waals surface area contributed by atoms with E-state index in [2.05, 4.69) is 0 Å². The molecule has 31 heavy (non-hydrogen) atoms. The minimum atomic E-state index is -3.71. The van der Waals surface area contributed by atoms with Crippen LogP contribution in [0.1, 0.15) is 24.3 Å². The van der Waals surface area contributed by atoms with Gasteiger partial charge in [-0.1, -0.05) is 18.2 Å². The van der Waals surface area contributed by atoms with Crippen LogP contribution in [-0.4, -0.2) is 63.9 Å². The molecule has 2 atom stereocenters. The smallest absolute Gasteiger partial charge is 0.243 e. The van der Waals surface area contributed by atoms with Crippen molar-refractivity contribution in [3.8, 4) is 11.5 Å². The third kappa shape index (κ3) is 4.14. The van der Waals surface area contributed by atoms with Gasteiger partial charge in [-0.05, 0) is 43.2 Å². The molecule has 7 nitrogen and oxygen atoms in total. The third-order valence-electron chi connectivity index (χ3n) is 6.24. The summed E-state index contributed by atoms with van der Waals surface area (Å²) in [5, 5.41) is 0. The molecular formula is C23H28N2O5S. The lowest BCUT2D eigenvalue weighted by atomic mass is 9.87. The summed E-state index contributed by atoms with van der Waals surface area (Å²) in [4.78, 5) is 15.5. The summed E-state index contributed by atoms with van der Waals surface area (Å²) in [6.07, 6.45) is 1.97. The lowest BCUT2D eigenvalue weighted by Gasteiger charge is -2.25. The maximum atomic E-state index is 13.4. The molecule has 0 bridgehead atoms. The van der Waals surface area contributed by atoms with Crippen LogP contribution in [0.5, 0.6) is 11.5 Å². The molecule has 0 spiro atoms. The van der Waals surface area contributed by atoms with Crippen LogP contribution in [0, 0.1) is 5.92 Å². The molecule has 2 aromatic carbocycles. The Labute approximate surface area is 183 Å². The lowest BCUT2D eigenvalue weighted by molar-refractivity contribution is -0.134. The van der Waals surface area contributed by atoms with Gasteiger partial charge in [0.2, 0.25) is 15.9 Å². The van der Waals surface area contributed by atoms with Crippen molar-refractivity contribution in [3.05, 3.63) is 54.1 Å². The fraction of sp³-hybridized carbons (Fsp3) is 0.435. The Hall–Kier alpha value is -2.58. The Balaban J connectivity index is 1.73. The fourth-order valence-corrected chi connectivity index (χ4v) is 6.08. The molecule has 1 amide bonds. The largest absolute Gasteiger partial charge is 0.497 e. The summed E-state index contributed by atoms with van der Waals surface area (Å²) in [6, 6.07) is 13.8. The highest BCUT2D eigenvalue weighted by Crippen LogP contribution is 2.42. The van der Waals surface area contributed by atoms with Crippen molar-refractivity contribution < 1.29 is 22.7 Å². The van der Waals surface area contributed by atoms with Gasteiger partial charge in [0.1, 0.15) is 11.5 Å². The van der Waals surface area contributed by atoms with E-state index in [1.807, 2.05) is 11.0 Å². The molecule has 2 saturated heterocycles. The first-order chi connectivity index (χ1) is 15.0. The number of methoxy groups -OCH3 is 2. The average molecular weight is 445 g/mol. The average Bonchev–Trinajstić information content (AvgIpc) is 3.49. The maximum absolute atomic E-state index is 13.4. The van der Waals surface area contributed by atoms with Crippen LogP contribution in [-0.2, 0) is 14.8 Å². The molecule has 0 N–H and O–H groups in total. The number of likely N-dealkylation sites (tertiary alicyclic amines) is 1. The molecule has 4 rings (SSSR count). The van der Waals surface area contributed by atoms with E-state index < -0.39 is 15.9 Å². The van der Waals surface area contributed by atoms with Gasteiger partial charge in [0.05, 0.1) is 25.0 Å². The Morgan fingerprint density at radius 2 is 1.68 bits per heavy atom. The minimum absolute atomic E-state index is 0.0122. The first-order valence-electron chi connectivity index (χ1n) is 10.5. The van der Waals surface area contributed by atoms with Gasteiger partial charge in [-0.25, -0.2) is 8.42 Å². The van der Waals surface area contributed by atoms with Crippen LogP contribution in [0.2, 0.25) is 0 Å². The molecule has 166 valence electrons. The zero-order chi connectivity index (χ0) is 22.0. The normalized spacial score (nSPS) is 21.9. The zero-order valence-electron chi connectivity index (χ0n) is 17.9. The highest BCUT2D eigenvalue weighted by atomic mass is 32.2. The Morgan fingerprint density at radius 1 is 0.968 bits per heavy atom. The number of rotatable bonds is 6. The number of benzene rings is 2. The topological polar surface area (TPSA) is 76.1 Å². The number of carbonyl (C=O) groups is 1. The second-order valence-electron chi connectivity index (χ2n) is 7.99. The summed E-state index contributed by atoms with van der Waals surface area (Å²) < 4.78 is 39.0. The molecule has 2 fully saturated rings. The Bertz CT molecular complexity index is 1040. The van der Waals surface area contributed by atoms with E-state index in [1.165, 1.54) is 4.31 Å². The molecule has 8 heteroatoms. The molecule has 0 aliphatic carbocycles. The number of nitrogens with zero attached hydrogens (tertiary/aromatic N) is 2. The van der Waals surface area contributed by atoms with Gasteiger partial charge in [0.25, 0.3) is 0 Å². The minimum Gasteiger partial charge on any atom is -0.497 e. The van der Waals surface area contributed by atoms with Crippen LogP contribution >= 0.6 is 0 Å². The van der Waals surface area contributed by atoms with Crippen LogP contribution in [0.3, 0.4) is 0 Å². The molecule has 2 aromatic rings. The van der Waals surface area contributed by atoms with Crippen LogP contribution in [0.4, 0.5) is 0 Å². The number of ether oxygens (including phenoxy) is 2. The monoisotopic (exact) mass is 444 g/mol. The van der Waals surface area contributed by atoms with E-state index in [0.717, 1.165) is 31.5 Å². The highest BCUT2D eigenvalue weighted by Gasteiger charge is 2.46. The van der Waals surface area contributed by atoms with E-state index in [0.29, 0.717) is 11.5 Å². The van der Waals surface area contributed by atoms with Crippen molar-refractivity contribution in [1.29, 1.82) is 0 Å². The van der Waals surface area contributed by atoms with Crippen molar-refractivity contribution >= 4 is 15.9 Å².